The number of ether oxygens (including phenoxy) is 2. The largest absolute Gasteiger partial charge is 0.454 e. The standard InChI is InChI=1S/C20H22N2O3/c1-14(22-9-8-15-4-2-3-5-17(15)12-22)11-21-20(23)16-6-7-18-19(10-16)25-13-24-18/h2-7,10,14H,8-9,11-13H2,1H3,(H,21,23). The van der Waals surface area contributed by atoms with Gasteiger partial charge >= 0.3 is 0 Å². The van der Waals surface area contributed by atoms with Crippen LogP contribution in [0.4, 0.5) is 0 Å². The lowest BCUT2D eigenvalue weighted by Crippen LogP contribution is -2.44. The average Bonchev–Trinajstić information content (AvgIpc) is 3.13. The third kappa shape index (κ3) is 3.33. The molecule has 0 aromatic heterocycles. The molecule has 5 nitrogen and oxygen atoms in total. The van der Waals surface area contributed by atoms with Gasteiger partial charge < -0.3 is 14.8 Å². The Hall–Kier alpha value is -2.53. The van der Waals surface area contributed by atoms with Crippen LogP contribution in [0.25, 0.3) is 0 Å². The van der Waals surface area contributed by atoms with Crippen LogP contribution in [0.1, 0.15) is 28.4 Å². The van der Waals surface area contributed by atoms with Crippen molar-refractivity contribution in [1.29, 1.82) is 0 Å². The van der Waals surface area contributed by atoms with Crippen LogP contribution in [-0.2, 0) is 13.0 Å². The number of carbonyl (C=O) groups excluding carboxylic acids is 1. The third-order valence-electron chi connectivity index (χ3n) is 4.98. The van der Waals surface area contributed by atoms with Gasteiger partial charge in [0.05, 0.1) is 0 Å². The lowest BCUT2D eigenvalue weighted by Gasteiger charge is -2.33. The monoisotopic (exact) mass is 338 g/mol. The normalized spacial score (nSPS) is 17.0. The summed E-state index contributed by atoms with van der Waals surface area (Å²) in [6, 6.07) is 14.2. The van der Waals surface area contributed by atoms with E-state index in [-0.39, 0.29) is 18.7 Å². The van der Waals surface area contributed by atoms with E-state index in [9.17, 15) is 4.79 Å². The molecular formula is C20H22N2O3. The van der Waals surface area contributed by atoms with Crippen molar-refractivity contribution in [3.63, 3.8) is 0 Å². The molecule has 0 aliphatic carbocycles. The smallest absolute Gasteiger partial charge is 0.251 e. The molecule has 4 rings (SSSR count). The van der Waals surface area contributed by atoms with Crippen LogP contribution in [0.3, 0.4) is 0 Å². The van der Waals surface area contributed by atoms with Crippen LogP contribution in [0, 0.1) is 0 Å². The summed E-state index contributed by atoms with van der Waals surface area (Å²) in [5.41, 5.74) is 3.43. The Morgan fingerprint density at radius 3 is 2.84 bits per heavy atom. The van der Waals surface area contributed by atoms with E-state index < -0.39 is 0 Å². The molecule has 2 aromatic carbocycles. The summed E-state index contributed by atoms with van der Waals surface area (Å²) < 4.78 is 10.6. The Labute approximate surface area is 147 Å². The minimum Gasteiger partial charge on any atom is -0.454 e. The first-order valence-electron chi connectivity index (χ1n) is 8.69. The summed E-state index contributed by atoms with van der Waals surface area (Å²) >= 11 is 0. The zero-order chi connectivity index (χ0) is 17.2. The van der Waals surface area contributed by atoms with Gasteiger partial charge in [0, 0.05) is 31.2 Å². The molecule has 0 radical (unpaired) electrons. The zero-order valence-electron chi connectivity index (χ0n) is 14.3. The molecule has 1 unspecified atom stereocenters. The molecular weight excluding hydrogens is 316 g/mol. The van der Waals surface area contributed by atoms with Crippen LogP contribution in [0.2, 0.25) is 0 Å². The second-order valence-electron chi connectivity index (χ2n) is 6.62. The topological polar surface area (TPSA) is 50.8 Å². The molecule has 0 saturated heterocycles. The van der Waals surface area contributed by atoms with E-state index in [2.05, 4.69) is 41.4 Å². The van der Waals surface area contributed by atoms with Gasteiger partial charge in [-0.2, -0.15) is 0 Å². The number of carbonyl (C=O) groups is 1. The Morgan fingerprint density at radius 1 is 1.16 bits per heavy atom. The molecule has 5 heteroatoms. The maximum Gasteiger partial charge on any atom is 0.251 e. The molecule has 25 heavy (non-hydrogen) atoms. The van der Waals surface area contributed by atoms with Crippen LogP contribution < -0.4 is 14.8 Å². The van der Waals surface area contributed by atoms with Gasteiger partial charge in [0.25, 0.3) is 5.91 Å². The number of hydrogen-bond donors (Lipinski definition) is 1. The van der Waals surface area contributed by atoms with Gasteiger partial charge in [0.15, 0.2) is 11.5 Å². The maximum atomic E-state index is 12.4. The lowest BCUT2D eigenvalue weighted by molar-refractivity contribution is 0.0932. The number of rotatable bonds is 4. The summed E-state index contributed by atoms with van der Waals surface area (Å²) in [7, 11) is 0. The molecule has 0 fully saturated rings. The number of hydrogen-bond acceptors (Lipinski definition) is 4. The Morgan fingerprint density at radius 2 is 1.96 bits per heavy atom. The summed E-state index contributed by atoms with van der Waals surface area (Å²) in [5.74, 6) is 1.24. The van der Waals surface area contributed by atoms with Gasteiger partial charge in [0.1, 0.15) is 0 Å². The molecule has 130 valence electrons. The fraction of sp³-hybridized carbons (Fsp3) is 0.350. The molecule has 2 aliphatic heterocycles. The highest BCUT2D eigenvalue weighted by Gasteiger charge is 2.21. The molecule has 2 heterocycles. The highest BCUT2D eigenvalue weighted by atomic mass is 16.7. The van der Waals surface area contributed by atoms with Crippen LogP contribution in [-0.4, -0.2) is 36.7 Å². The Bertz CT molecular complexity index is 790. The van der Waals surface area contributed by atoms with Crippen molar-refractivity contribution in [2.45, 2.75) is 25.9 Å². The van der Waals surface area contributed by atoms with E-state index in [1.165, 1.54) is 11.1 Å². The second kappa shape index (κ2) is 6.76. The number of fused-ring (bicyclic) bond motifs is 2. The second-order valence-corrected chi connectivity index (χ2v) is 6.62. The quantitative estimate of drug-likeness (QED) is 0.931. The van der Waals surface area contributed by atoms with Crippen LogP contribution in [0.5, 0.6) is 11.5 Å². The van der Waals surface area contributed by atoms with Crippen LogP contribution in [0.15, 0.2) is 42.5 Å². The number of nitrogens with zero attached hydrogens (tertiary/aromatic N) is 1. The van der Waals surface area contributed by atoms with Gasteiger partial charge in [-0.1, -0.05) is 24.3 Å². The molecule has 0 bridgehead atoms. The van der Waals surface area contributed by atoms with Crippen molar-refractivity contribution in [1.82, 2.24) is 10.2 Å². The average molecular weight is 338 g/mol. The first-order valence-corrected chi connectivity index (χ1v) is 8.69. The van der Waals surface area contributed by atoms with Gasteiger partial charge in [-0.25, -0.2) is 0 Å². The Balaban J connectivity index is 1.34. The summed E-state index contributed by atoms with van der Waals surface area (Å²) in [5, 5.41) is 3.03. The van der Waals surface area contributed by atoms with Crippen LogP contribution >= 0.6 is 0 Å². The molecule has 2 aromatic rings. The van der Waals surface area contributed by atoms with E-state index in [1.54, 1.807) is 18.2 Å². The minimum absolute atomic E-state index is 0.0810. The number of nitrogens with one attached hydrogen (secondary N) is 1. The van der Waals surface area contributed by atoms with E-state index >= 15 is 0 Å². The molecule has 2 aliphatic rings. The fourth-order valence-corrected chi connectivity index (χ4v) is 3.40. The summed E-state index contributed by atoms with van der Waals surface area (Å²) in [6.45, 7) is 4.96. The van der Waals surface area contributed by atoms with Crippen molar-refractivity contribution in [2.75, 3.05) is 19.9 Å². The SMILES string of the molecule is CC(CNC(=O)c1ccc2c(c1)OCO2)N1CCc2ccccc2C1. The first-order chi connectivity index (χ1) is 12.2. The minimum atomic E-state index is -0.0810. The van der Waals surface area contributed by atoms with Crippen molar-refractivity contribution >= 4 is 5.91 Å². The third-order valence-corrected chi connectivity index (χ3v) is 4.98. The van der Waals surface area contributed by atoms with Crippen molar-refractivity contribution < 1.29 is 14.3 Å². The van der Waals surface area contributed by atoms with E-state index in [0.717, 1.165) is 19.5 Å². The summed E-state index contributed by atoms with van der Waals surface area (Å²) in [4.78, 5) is 14.8. The van der Waals surface area contributed by atoms with Gasteiger partial charge in [-0.05, 0) is 42.7 Å². The maximum absolute atomic E-state index is 12.4. The molecule has 1 atom stereocenters. The van der Waals surface area contributed by atoms with Crippen molar-refractivity contribution in [3.8, 4) is 11.5 Å². The van der Waals surface area contributed by atoms with E-state index in [0.29, 0.717) is 23.6 Å². The predicted octanol–water partition coefficient (Wildman–Crippen LogP) is 2.59. The van der Waals surface area contributed by atoms with E-state index in [4.69, 9.17) is 9.47 Å². The fourth-order valence-electron chi connectivity index (χ4n) is 3.40. The number of benzene rings is 2. The molecule has 0 spiro atoms. The lowest BCUT2D eigenvalue weighted by atomic mass is 9.99. The first kappa shape index (κ1) is 16.0. The van der Waals surface area contributed by atoms with E-state index in [1.807, 2.05) is 0 Å². The molecule has 1 amide bonds. The summed E-state index contributed by atoms with van der Waals surface area (Å²) in [6.07, 6.45) is 1.07. The Kier molecular flexibility index (Phi) is 4.32. The predicted molar refractivity (Wildman–Crippen MR) is 94.9 cm³/mol. The molecule has 0 saturated carbocycles. The zero-order valence-corrected chi connectivity index (χ0v) is 14.3. The highest BCUT2D eigenvalue weighted by Crippen LogP contribution is 2.32. The van der Waals surface area contributed by atoms with Crippen molar-refractivity contribution in [2.24, 2.45) is 0 Å². The van der Waals surface area contributed by atoms with Crippen molar-refractivity contribution in [3.05, 3.63) is 59.2 Å². The van der Waals surface area contributed by atoms with Gasteiger partial charge in [0.2, 0.25) is 6.79 Å². The molecule has 1 N–H and O–H groups in total. The van der Waals surface area contributed by atoms with Gasteiger partial charge in [-0.3, -0.25) is 9.69 Å². The highest BCUT2D eigenvalue weighted by molar-refractivity contribution is 5.94. The number of amides is 1. The van der Waals surface area contributed by atoms with Gasteiger partial charge in [-0.15, -0.1) is 0 Å².